The van der Waals surface area contributed by atoms with E-state index in [1.807, 2.05) is 0 Å². The van der Waals surface area contributed by atoms with E-state index in [2.05, 4.69) is 10.9 Å². The van der Waals surface area contributed by atoms with Gasteiger partial charge in [-0.1, -0.05) is 23.7 Å². The minimum atomic E-state index is -4.44. The van der Waals surface area contributed by atoms with Gasteiger partial charge in [-0.25, -0.2) is 0 Å². The monoisotopic (exact) mass is 386 g/mol. The van der Waals surface area contributed by atoms with Crippen molar-refractivity contribution in [2.75, 3.05) is 7.11 Å². The molecule has 0 aromatic heterocycles. The predicted octanol–water partition coefficient (Wildman–Crippen LogP) is 3.37. The van der Waals surface area contributed by atoms with Gasteiger partial charge in [0.05, 0.1) is 24.7 Å². The number of nitrogens with one attached hydrogen (secondary N) is 2. The van der Waals surface area contributed by atoms with Gasteiger partial charge in [-0.2, -0.15) is 13.2 Å². The van der Waals surface area contributed by atoms with E-state index in [-0.39, 0.29) is 17.7 Å². The molecule has 5 nitrogen and oxygen atoms in total. The minimum absolute atomic E-state index is 0.120. The molecule has 0 aliphatic heterocycles. The number of rotatable bonds is 4. The Bertz CT molecular complexity index is 808. The zero-order valence-corrected chi connectivity index (χ0v) is 14.2. The van der Waals surface area contributed by atoms with Crippen molar-refractivity contribution >= 4 is 23.4 Å². The largest absolute Gasteiger partial charge is 0.496 e. The molecule has 0 aliphatic rings. The highest BCUT2D eigenvalue weighted by molar-refractivity contribution is 6.31. The van der Waals surface area contributed by atoms with Gasteiger partial charge in [0, 0.05) is 5.02 Å². The number of carbonyl (C=O) groups is 2. The van der Waals surface area contributed by atoms with Gasteiger partial charge < -0.3 is 4.74 Å². The van der Waals surface area contributed by atoms with E-state index in [1.165, 1.54) is 31.4 Å². The zero-order chi connectivity index (χ0) is 19.3. The van der Waals surface area contributed by atoms with Crippen molar-refractivity contribution in [3.8, 4) is 5.75 Å². The van der Waals surface area contributed by atoms with Crippen LogP contribution in [0.15, 0.2) is 42.5 Å². The number of alkyl halides is 3. The van der Waals surface area contributed by atoms with Crippen LogP contribution in [0.25, 0.3) is 0 Å². The molecular formula is C17H14ClF3N2O3. The first-order chi connectivity index (χ1) is 12.2. The number of carbonyl (C=O) groups excluding carboxylic acids is 2. The molecule has 2 aromatic rings. The summed E-state index contributed by atoms with van der Waals surface area (Å²) in [5, 5.41) is 0.312. The van der Waals surface area contributed by atoms with Gasteiger partial charge in [-0.15, -0.1) is 0 Å². The first-order valence-corrected chi connectivity index (χ1v) is 7.67. The third-order valence-electron chi connectivity index (χ3n) is 3.37. The molecule has 26 heavy (non-hydrogen) atoms. The van der Waals surface area contributed by atoms with E-state index in [1.54, 1.807) is 6.07 Å². The van der Waals surface area contributed by atoms with E-state index in [4.69, 9.17) is 16.3 Å². The molecular weight excluding hydrogens is 373 g/mol. The lowest BCUT2D eigenvalue weighted by Crippen LogP contribution is -2.42. The van der Waals surface area contributed by atoms with E-state index in [0.29, 0.717) is 10.6 Å². The van der Waals surface area contributed by atoms with Gasteiger partial charge in [0.1, 0.15) is 5.75 Å². The van der Waals surface area contributed by atoms with Crippen LogP contribution in [0.4, 0.5) is 13.2 Å². The van der Waals surface area contributed by atoms with Crippen LogP contribution >= 0.6 is 11.6 Å². The summed E-state index contributed by atoms with van der Waals surface area (Å²) in [7, 11) is 1.38. The third kappa shape index (κ3) is 5.13. The van der Waals surface area contributed by atoms with Crippen molar-refractivity contribution in [2.45, 2.75) is 12.6 Å². The number of amides is 2. The molecule has 0 radical (unpaired) electrons. The first kappa shape index (κ1) is 19.6. The Kier molecular flexibility index (Phi) is 6.10. The number of benzene rings is 2. The molecule has 2 rings (SSSR count). The molecule has 0 aliphatic carbocycles. The van der Waals surface area contributed by atoms with E-state index >= 15 is 0 Å². The Labute approximate surface area is 152 Å². The second-order valence-corrected chi connectivity index (χ2v) is 5.65. The molecule has 0 unspecified atom stereocenters. The fourth-order valence-electron chi connectivity index (χ4n) is 2.09. The summed E-state index contributed by atoms with van der Waals surface area (Å²) < 4.78 is 42.5. The minimum Gasteiger partial charge on any atom is -0.496 e. The van der Waals surface area contributed by atoms with Crippen LogP contribution in [0, 0.1) is 0 Å². The molecule has 2 aromatic carbocycles. The Morgan fingerprint density at radius 1 is 1.08 bits per heavy atom. The van der Waals surface area contributed by atoms with E-state index < -0.39 is 23.6 Å². The first-order valence-electron chi connectivity index (χ1n) is 7.29. The maximum Gasteiger partial charge on any atom is 0.416 e. The SMILES string of the molecule is COc1ccc(Cl)cc1C(=O)NNC(=O)Cc1ccc(C(F)(F)F)cc1. The number of hydrogen-bond donors (Lipinski definition) is 2. The van der Waals surface area contributed by atoms with Gasteiger partial charge in [0.15, 0.2) is 0 Å². The van der Waals surface area contributed by atoms with Crippen molar-refractivity contribution < 1.29 is 27.5 Å². The number of methoxy groups -OCH3 is 1. The van der Waals surface area contributed by atoms with Crippen LogP contribution in [0.5, 0.6) is 5.75 Å². The molecule has 0 heterocycles. The molecule has 0 bridgehead atoms. The van der Waals surface area contributed by atoms with Crippen LogP contribution in [0.3, 0.4) is 0 Å². The lowest BCUT2D eigenvalue weighted by atomic mass is 10.1. The van der Waals surface area contributed by atoms with Crippen LogP contribution in [-0.2, 0) is 17.4 Å². The lowest BCUT2D eigenvalue weighted by molar-refractivity contribution is -0.137. The lowest BCUT2D eigenvalue weighted by Gasteiger charge is -2.11. The highest BCUT2D eigenvalue weighted by atomic mass is 35.5. The Hall–Kier alpha value is -2.74. The van der Waals surface area contributed by atoms with Gasteiger partial charge in [-0.05, 0) is 35.9 Å². The van der Waals surface area contributed by atoms with Crippen molar-refractivity contribution in [1.82, 2.24) is 10.9 Å². The number of hydrogen-bond acceptors (Lipinski definition) is 3. The summed E-state index contributed by atoms with van der Waals surface area (Å²) in [4.78, 5) is 23.9. The van der Waals surface area contributed by atoms with Gasteiger partial charge in [-0.3, -0.25) is 20.4 Å². The second kappa shape index (κ2) is 8.09. The Morgan fingerprint density at radius 2 is 1.73 bits per heavy atom. The van der Waals surface area contributed by atoms with Crippen molar-refractivity contribution in [3.05, 3.63) is 64.2 Å². The average Bonchev–Trinajstić information content (AvgIpc) is 2.59. The quantitative estimate of drug-likeness (QED) is 0.792. The van der Waals surface area contributed by atoms with Crippen LogP contribution in [-0.4, -0.2) is 18.9 Å². The summed E-state index contributed by atoms with van der Waals surface area (Å²) in [6.07, 6.45) is -4.64. The van der Waals surface area contributed by atoms with Crippen molar-refractivity contribution in [3.63, 3.8) is 0 Å². The molecule has 0 atom stereocenters. The maximum atomic E-state index is 12.5. The van der Waals surface area contributed by atoms with E-state index in [9.17, 15) is 22.8 Å². The molecule has 2 N–H and O–H groups in total. The zero-order valence-electron chi connectivity index (χ0n) is 13.5. The molecule has 138 valence electrons. The van der Waals surface area contributed by atoms with Crippen LogP contribution in [0.2, 0.25) is 5.02 Å². The standard InChI is InChI=1S/C17H14ClF3N2O3/c1-26-14-7-6-12(18)9-13(14)16(25)23-22-15(24)8-10-2-4-11(5-3-10)17(19,20)21/h2-7,9H,8H2,1H3,(H,22,24)(H,23,25). The summed E-state index contributed by atoms with van der Waals surface area (Å²) in [5.41, 5.74) is 4.07. The molecule has 2 amide bonds. The molecule has 0 saturated heterocycles. The normalized spacial score (nSPS) is 11.0. The average molecular weight is 387 g/mol. The summed E-state index contributed by atoms with van der Waals surface area (Å²) in [6.45, 7) is 0. The highest BCUT2D eigenvalue weighted by Crippen LogP contribution is 2.29. The fourth-order valence-corrected chi connectivity index (χ4v) is 2.26. The maximum absolute atomic E-state index is 12.5. The molecule has 0 fully saturated rings. The van der Waals surface area contributed by atoms with Gasteiger partial charge in [0.2, 0.25) is 5.91 Å². The van der Waals surface area contributed by atoms with Crippen LogP contribution < -0.4 is 15.6 Å². The number of hydrazine groups is 1. The van der Waals surface area contributed by atoms with Gasteiger partial charge in [0.25, 0.3) is 5.91 Å². The predicted molar refractivity (Wildman–Crippen MR) is 88.8 cm³/mol. The topological polar surface area (TPSA) is 67.4 Å². The molecule has 0 spiro atoms. The van der Waals surface area contributed by atoms with Crippen molar-refractivity contribution in [1.29, 1.82) is 0 Å². The summed E-state index contributed by atoms with van der Waals surface area (Å²) in [5.74, 6) is -0.979. The highest BCUT2D eigenvalue weighted by Gasteiger charge is 2.29. The second-order valence-electron chi connectivity index (χ2n) is 5.22. The van der Waals surface area contributed by atoms with Gasteiger partial charge >= 0.3 is 6.18 Å². The van der Waals surface area contributed by atoms with Crippen molar-refractivity contribution in [2.24, 2.45) is 0 Å². The number of halogens is 4. The number of ether oxygens (including phenoxy) is 1. The van der Waals surface area contributed by atoms with Crippen LogP contribution in [0.1, 0.15) is 21.5 Å². The molecule has 0 saturated carbocycles. The summed E-state index contributed by atoms with van der Waals surface area (Å²) in [6, 6.07) is 8.59. The third-order valence-corrected chi connectivity index (χ3v) is 3.60. The molecule has 9 heteroatoms. The fraction of sp³-hybridized carbons (Fsp3) is 0.176. The summed E-state index contributed by atoms with van der Waals surface area (Å²) >= 11 is 5.83. The Balaban J connectivity index is 1.94. The van der Waals surface area contributed by atoms with E-state index in [0.717, 1.165) is 12.1 Å². The smallest absolute Gasteiger partial charge is 0.416 e. The Morgan fingerprint density at radius 3 is 2.31 bits per heavy atom.